The van der Waals surface area contributed by atoms with Crippen LogP contribution >= 0.6 is 0 Å². The van der Waals surface area contributed by atoms with Crippen LogP contribution in [-0.2, 0) is 4.74 Å². The van der Waals surface area contributed by atoms with Gasteiger partial charge in [-0.1, -0.05) is 30.3 Å². The fraction of sp³-hybridized carbons (Fsp3) is 0.318. The molecule has 0 saturated carbocycles. The van der Waals surface area contributed by atoms with E-state index >= 15 is 0 Å². The lowest BCUT2D eigenvalue weighted by Gasteiger charge is -2.40. The summed E-state index contributed by atoms with van der Waals surface area (Å²) in [4.78, 5) is 11.6. The van der Waals surface area contributed by atoms with Crippen LogP contribution in [0.4, 0.5) is 0 Å². The molecule has 2 aromatic rings. The maximum absolute atomic E-state index is 11.6. The fourth-order valence-electron chi connectivity index (χ4n) is 4.14. The van der Waals surface area contributed by atoms with Crippen LogP contribution in [0.15, 0.2) is 54.6 Å². The van der Waals surface area contributed by atoms with Gasteiger partial charge in [-0.2, -0.15) is 0 Å². The topological polar surface area (TPSA) is 73.6 Å². The minimum Gasteiger partial charge on any atom is -0.496 e. The number of carbonyl (C=O) groups is 1. The summed E-state index contributed by atoms with van der Waals surface area (Å²) in [6.45, 7) is 1.44. The third-order valence-corrected chi connectivity index (χ3v) is 5.46. The van der Waals surface area contributed by atoms with Crippen molar-refractivity contribution in [3.63, 3.8) is 0 Å². The highest BCUT2D eigenvalue weighted by Gasteiger charge is 2.44. The molecule has 140 valence electrons. The number of benzene rings is 2. The van der Waals surface area contributed by atoms with Gasteiger partial charge >= 0.3 is 0 Å². The van der Waals surface area contributed by atoms with Gasteiger partial charge in [0.05, 0.1) is 19.8 Å². The van der Waals surface area contributed by atoms with Crippen LogP contribution in [0.5, 0.6) is 5.75 Å². The van der Waals surface area contributed by atoms with Crippen LogP contribution in [0.3, 0.4) is 0 Å². The van der Waals surface area contributed by atoms with Gasteiger partial charge in [0.1, 0.15) is 11.4 Å². The van der Waals surface area contributed by atoms with E-state index < -0.39 is 11.5 Å². The zero-order chi connectivity index (χ0) is 18.9. The van der Waals surface area contributed by atoms with Crippen LogP contribution in [0.25, 0.3) is 5.57 Å². The predicted molar refractivity (Wildman–Crippen MR) is 105 cm³/mol. The van der Waals surface area contributed by atoms with Gasteiger partial charge in [-0.15, -0.1) is 0 Å². The van der Waals surface area contributed by atoms with Crippen molar-refractivity contribution < 1.29 is 14.3 Å². The summed E-state index contributed by atoms with van der Waals surface area (Å²) in [5.41, 5.74) is 8.64. The second-order valence-electron chi connectivity index (χ2n) is 7.09. The van der Waals surface area contributed by atoms with E-state index in [-0.39, 0.29) is 6.04 Å². The minimum atomic E-state index is -0.449. The number of primary amides is 1. The highest BCUT2D eigenvalue weighted by atomic mass is 16.5. The van der Waals surface area contributed by atoms with Crippen molar-refractivity contribution >= 4 is 11.5 Å². The molecule has 1 fully saturated rings. The molecule has 1 amide bonds. The fourth-order valence-corrected chi connectivity index (χ4v) is 4.14. The summed E-state index contributed by atoms with van der Waals surface area (Å²) >= 11 is 0. The molecule has 4 rings (SSSR count). The molecular formula is C22H24N2O3. The molecule has 27 heavy (non-hydrogen) atoms. The van der Waals surface area contributed by atoms with Gasteiger partial charge < -0.3 is 20.5 Å². The number of ether oxygens (including phenoxy) is 2. The first-order chi connectivity index (χ1) is 13.1. The van der Waals surface area contributed by atoms with E-state index in [9.17, 15) is 4.79 Å². The van der Waals surface area contributed by atoms with Crippen LogP contribution in [-0.4, -0.2) is 31.8 Å². The van der Waals surface area contributed by atoms with Crippen LogP contribution < -0.4 is 15.8 Å². The molecule has 0 bridgehead atoms. The lowest BCUT2D eigenvalue weighted by molar-refractivity contribution is -0.0255. The van der Waals surface area contributed by atoms with Crippen molar-refractivity contribution in [2.24, 2.45) is 5.73 Å². The van der Waals surface area contributed by atoms with E-state index in [2.05, 4.69) is 35.7 Å². The van der Waals surface area contributed by atoms with Gasteiger partial charge in [0.15, 0.2) is 0 Å². The smallest absolute Gasteiger partial charge is 0.248 e. The summed E-state index contributed by atoms with van der Waals surface area (Å²) < 4.78 is 11.9. The SMILES string of the molecule is COc1ccc(C(N)=O)cc1C1=C[C@@]2(CCCN[C@H]2c2ccccc2)OC1. The summed E-state index contributed by atoms with van der Waals surface area (Å²) in [5.74, 6) is 0.265. The van der Waals surface area contributed by atoms with Crippen LogP contribution in [0.1, 0.15) is 40.4 Å². The standard InChI is InChI=1S/C22H24N2O3/c1-26-19-9-8-16(21(23)25)12-18(19)17-13-22(27-14-17)10-5-11-24-20(22)15-6-3-2-4-7-15/h2-4,6-9,12-13,20,24H,5,10-11,14H2,1H3,(H2,23,25)/t20-,22+/m0/s1. The molecule has 0 unspecified atom stereocenters. The molecule has 2 heterocycles. The lowest BCUT2D eigenvalue weighted by Crippen LogP contribution is -2.47. The average Bonchev–Trinajstić information content (AvgIpc) is 3.12. The third kappa shape index (κ3) is 3.24. The average molecular weight is 364 g/mol. The third-order valence-electron chi connectivity index (χ3n) is 5.46. The van der Waals surface area contributed by atoms with Crippen molar-refractivity contribution in [3.8, 4) is 5.75 Å². The number of methoxy groups -OCH3 is 1. The molecular weight excluding hydrogens is 340 g/mol. The second kappa shape index (κ2) is 7.18. The first kappa shape index (κ1) is 17.8. The lowest BCUT2D eigenvalue weighted by atomic mass is 9.81. The molecule has 1 spiro atoms. The predicted octanol–water partition coefficient (Wildman–Crippen LogP) is 3.07. The van der Waals surface area contributed by atoms with Crippen molar-refractivity contribution in [2.75, 3.05) is 20.3 Å². The number of amides is 1. The Bertz CT molecular complexity index is 878. The second-order valence-corrected chi connectivity index (χ2v) is 7.09. The van der Waals surface area contributed by atoms with E-state index in [0.717, 1.165) is 30.5 Å². The Hall–Kier alpha value is -2.63. The van der Waals surface area contributed by atoms with Gasteiger partial charge in [-0.3, -0.25) is 4.79 Å². The van der Waals surface area contributed by atoms with Crippen molar-refractivity contribution in [3.05, 3.63) is 71.3 Å². The Morgan fingerprint density at radius 1 is 1.26 bits per heavy atom. The molecule has 1 saturated heterocycles. The maximum atomic E-state index is 11.6. The van der Waals surface area contributed by atoms with Crippen LogP contribution in [0.2, 0.25) is 0 Å². The number of hydrogen-bond donors (Lipinski definition) is 2. The molecule has 0 aromatic heterocycles. The molecule has 5 nitrogen and oxygen atoms in total. The number of rotatable bonds is 4. The Morgan fingerprint density at radius 2 is 2.07 bits per heavy atom. The Morgan fingerprint density at radius 3 is 2.81 bits per heavy atom. The van der Waals surface area contributed by atoms with E-state index in [1.165, 1.54) is 5.56 Å². The zero-order valence-corrected chi connectivity index (χ0v) is 15.4. The molecule has 2 aliphatic heterocycles. The minimum absolute atomic E-state index is 0.0928. The number of carbonyl (C=O) groups excluding carboxylic acids is 1. The Balaban J connectivity index is 1.75. The van der Waals surface area contributed by atoms with Gasteiger partial charge in [-0.25, -0.2) is 0 Å². The molecule has 2 aromatic carbocycles. The number of nitrogens with two attached hydrogens (primary N) is 1. The van der Waals surface area contributed by atoms with Crippen molar-refractivity contribution in [1.82, 2.24) is 5.32 Å². The van der Waals surface area contributed by atoms with Gasteiger partial charge in [-0.05, 0) is 54.8 Å². The Kier molecular flexibility index (Phi) is 4.72. The number of hydrogen-bond acceptors (Lipinski definition) is 4. The van der Waals surface area contributed by atoms with E-state index in [0.29, 0.717) is 17.9 Å². The number of piperidine rings is 1. The highest BCUT2D eigenvalue weighted by molar-refractivity contribution is 5.94. The molecule has 2 aliphatic rings. The molecule has 3 N–H and O–H groups in total. The van der Waals surface area contributed by atoms with Crippen molar-refractivity contribution in [1.29, 1.82) is 0 Å². The van der Waals surface area contributed by atoms with Crippen LogP contribution in [0, 0.1) is 0 Å². The first-order valence-corrected chi connectivity index (χ1v) is 9.25. The Labute approximate surface area is 159 Å². The van der Waals surface area contributed by atoms with Gasteiger partial charge in [0.25, 0.3) is 0 Å². The molecule has 2 atom stereocenters. The normalized spacial score (nSPS) is 24.6. The van der Waals surface area contributed by atoms with E-state index in [1.54, 1.807) is 25.3 Å². The summed E-state index contributed by atoms with van der Waals surface area (Å²) in [7, 11) is 1.63. The number of nitrogens with one attached hydrogen (secondary N) is 1. The zero-order valence-electron chi connectivity index (χ0n) is 15.4. The molecule has 5 heteroatoms. The molecule has 0 radical (unpaired) electrons. The highest BCUT2D eigenvalue weighted by Crippen LogP contribution is 2.45. The van der Waals surface area contributed by atoms with E-state index in [4.69, 9.17) is 15.2 Å². The van der Waals surface area contributed by atoms with Crippen molar-refractivity contribution in [2.45, 2.75) is 24.5 Å². The summed E-state index contributed by atoms with van der Waals surface area (Å²) in [6.07, 6.45) is 4.20. The maximum Gasteiger partial charge on any atom is 0.248 e. The first-order valence-electron chi connectivity index (χ1n) is 9.25. The quantitative estimate of drug-likeness (QED) is 0.874. The van der Waals surface area contributed by atoms with Gasteiger partial charge in [0, 0.05) is 11.1 Å². The van der Waals surface area contributed by atoms with Gasteiger partial charge in [0.2, 0.25) is 5.91 Å². The summed E-state index contributed by atoms with van der Waals surface area (Å²) in [6, 6.07) is 15.8. The van der Waals surface area contributed by atoms with E-state index in [1.807, 2.05) is 6.07 Å². The largest absolute Gasteiger partial charge is 0.496 e. The monoisotopic (exact) mass is 364 g/mol. The summed E-state index contributed by atoms with van der Waals surface area (Å²) in [5, 5.41) is 3.62. The molecule has 0 aliphatic carbocycles.